The summed E-state index contributed by atoms with van der Waals surface area (Å²) in [6, 6.07) is 13.8. The molecule has 1 saturated heterocycles. The van der Waals surface area contributed by atoms with Crippen molar-refractivity contribution in [2.75, 3.05) is 13.1 Å². The van der Waals surface area contributed by atoms with Gasteiger partial charge in [0.25, 0.3) is 5.91 Å². The van der Waals surface area contributed by atoms with Gasteiger partial charge in [-0.2, -0.15) is 4.98 Å². The zero-order valence-electron chi connectivity index (χ0n) is 15.1. The second kappa shape index (κ2) is 7.31. The van der Waals surface area contributed by atoms with E-state index in [-0.39, 0.29) is 11.8 Å². The normalized spacial score (nSPS) is 15.1. The Morgan fingerprint density at radius 1 is 1.15 bits per heavy atom. The first-order chi connectivity index (χ1) is 13.1. The van der Waals surface area contributed by atoms with Crippen LogP contribution >= 0.6 is 0 Å². The molecule has 1 aliphatic heterocycles. The number of carbonyl (C=O) groups is 1. The first-order valence-corrected chi connectivity index (χ1v) is 9.05. The topological polar surface area (TPSA) is 59.2 Å². The van der Waals surface area contributed by atoms with Crippen LogP contribution in [0.15, 0.2) is 53.1 Å². The van der Waals surface area contributed by atoms with E-state index in [0.717, 1.165) is 18.4 Å². The molecule has 4 rings (SSSR count). The summed E-state index contributed by atoms with van der Waals surface area (Å²) in [4.78, 5) is 18.8. The third kappa shape index (κ3) is 3.74. The molecule has 138 valence electrons. The van der Waals surface area contributed by atoms with Gasteiger partial charge in [0.1, 0.15) is 5.82 Å². The number of piperidine rings is 1. The summed E-state index contributed by atoms with van der Waals surface area (Å²) in [5.74, 6) is 0.795. The number of nitrogens with zero attached hydrogens (tertiary/aromatic N) is 3. The molecule has 0 spiro atoms. The molecule has 27 heavy (non-hydrogen) atoms. The van der Waals surface area contributed by atoms with Crippen molar-refractivity contribution >= 4 is 5.91 Å². The highest BCUT2D eigenvalue weighted by Crippen LogP contribution is 2.29. The zero-order valence-corrected chi connectivity index (χ0v) is 15.1. The molecule has 1 amide bonds. The Bertz CT molecular complexity index is 944. The van der Waals surface area contributed by atoms with Crippen molar-refractivity contribution in [3.63, 3.8) is 0 Å². The third-order valence-corrected chi connectivity index (χ3v) is 4.95. The minimum absolute atomic E-state index is 0.133. The number of aromatic nitrogens is 2. The van der Waals surface area contributed by atoms with Crippen LogP contribution in [0.3, 0.4) is 0 Å². The van der Waals surface area contributed by atoms with Crippen molar-refractivity contribution in [2.24, 2.45) is 0 Å². The Labute approximate surface area is 156 Å². The summed E-state index contributed by atoms with van der Waals surface area (Å²) in [6.45, 7) is 3.20. The lowest BCUT2D eigenvalue weighted by atomic mass is 9.96. The number of hydrogen-bond acceptors (Lipinski definition) is 4. The Kier molecular flexibility index (Phi) is 4.71. The Hall–Kier alpha value is -3.02. The SMILES string of the molecule is Cc1ccc(-c2noc(C3CCN(C(=O)c4cccc(F)c4)CC3)n2)cc1. The molecular weight excluding hydrogens is 345 g/mol. The third-order valence-electron chi connectivity index (χ3n) is 4.95. The maximum atomic E-state index is 13.3. The minimum Gasteiger partial charge on any atom is -0.339 e. The van der Waals surface area contributed by atoms with Crippen LogP contribution in [0.2, 0.25) is 0 Å². The van der Waals surface area contributed by atoms with Gasteiger partial charge < -0.3 is 9.42 Å². The van der Waals surface area contributed by atoms with Gasteiger partial charge in [-0.25, -0.2) is 4.39 Å². The van der Waals surface area contributed by atoms with Gasteiger partial charge in [0.2, 0.25) is 11.7 Å². The molecule has 0 radical (unpaired) electrons. The van der Waals surface area contributed by atoms with Gasteiger partial charge in [0.15, 0.2) is 0 Å². The largest absolute Gasteiger partial charge is 0.339 e. The highest BCUT2D eigenvalue weighted by atomic mass is 19.1. The smallest absolute Gasteiger partial charge is 0.253 e. The van der Waals surface area contributed by atoms with E-state index in [4.69, 9.17) is 4.52 Å². The second-order valence-electron chi connectivity index (χ2n) is 6.90. The van der Waals surface area contributed by atoms with E-state index in [1.54, 1.807) is 17.0 Å². The lowest BCUT2D eigenvalue weighted by molar-refractivity contribution is 0.0704. The zero-order chi connectivity index (χ0) is 18.8. The van der Waals surface area contributed by atoms with Gasteiger partial charge in [-0.05, 0) is 38.0 Å². The molecule has 1 aliphatic rings. The number of benzene rings is 2. The van der Waals surface area contributed by atoms with Gasteiger partial charge in [0, 0.05) is 30.1 Å². The lowest BCUT2D eigenvalue weighted by Crippen LogP contribution is -2.38. The highest BCUT2D eigenvalue weighted by Gasteiger charge is 2.28. The first-order valence-electron chi connectivity index (χ1n) is 9.05. The van der Waals surface area contributed by atoms with Crippen molar-refractivity contribution in [2.45, 2.75) is 25.7 Å². The maximum absolute atomic E-state index is 13.3. The number of aryl methyl sites for hydroxylation is 1. The van der Waals surface area contributed by atoms with Gasteiger partial charge in [-0.1, -0.05) is 41.1 Å². The van der Waals surface area contributed by atoms with Crippen LogP contribution in [0.4, 0.5) is 4.39 Å². The van der Waals surface area contributed by atoms with Gasteiger partial charge >= 0.3 is 0 Å². The predicted octanol–water partition coefficient (Wildman–Crippen LogP) is 4.20. The van der Waals surface area contributed by atoms with Crippen LogP contribution in [0, 0.1) is 12.7 Å². The average Bonchev–Trinajstić information content (AvgIpc) is 3.18. The minimum atomic E-state index is -0.398. The van der Waals surface area contributed by atoms with Crippen LogP contribution in [-0.4, -0.2) is 34.0 Å². The van der Waals surface area contributed by atoms with Gasteiger partial charge in [0.05, 0.1) is 0 Å². The van der Waals surface area contributed by atoms with Crippen LogP contribution in [-0.2, 0) is 0 Å². The molecule has 0 unspecified atom stereocenters. The Morgan fingerprint density at radius 2 is 1.89 bits per heavy atom. The molecule has 1 fully saturated rings. The summed E-state index contributed by atoms with van der Waals surface area (Å²) >= 11 is 0. The second-order valence-corrected chi connectivity index (χ2v) is 6.90. The van der Waals surface area contributed by atoms with Crippen LogP contribution in [0.25, 0.3) is 11.4 Å². The van der Waals surface area contributed by atoms with E-state index < -0.39 is 5.82 Å². The monoisotopic (exact) mass is 365 g/mol. The first kappa shape index (κ1) is 17.4. The Balaban J connectivity index is 1.41. The fraction of sp³-hybridized carbons (Fsp3) is 0.286. The molecular formula is C21H20FN3O2. The van der Waals surface area contributed by atoms with E-state index in [9.17, 15) is 9.18 Å². The quantitative estimate of drug-likeness (QED) is 0.698. The summed E-state index contributed by atoms with van der Waals surface area (Å²) in [6.07, 6.45) is 1.49. The fourth-order valence-electron chi connectivity index (χ4n) is 3.35. The maximum Gasteiger partial charge on any atom is 0.253 e. The van der Waals surface area contributed by atoms with Crippen molar-refractivity contribution in [3.05, 3.63) is 71.4 Å². The molecule has 6 heteroatoms. The molecule has 0 bridgehead atoms. The molecule has 0 saturated carbocycles. The van der Waals surface area contributed by atoms with Crippen molar-refractivity contribution in [1.82, 2.24) is 15.0 Å². The molecule has 2 heterocycles. The summed E-state index contributed by atoms with van der Waals surface area (Å²) in [5, 5.41) is 4.09. The molecule has 0 atom stereocenters. The fourth-order valence-corrected chi connectivity index (χ4v) is 3.35. The van der Waals surface area contributed by atoms with E-state index in [1.165, 1.54) is 17.7 Å². The predicted molar refractivity (Wildman–Crippen MR) is 98.7 cm³/mol. The van der Waals surface area contributed by atoms with Crippen LogP contribution < -0.4 is 0 Å². The number of rotatable bonds is 3. The average molecular weight is 365 g/mol. The molecule has 1 aromatic heterocycles. The Morgan fingerprint density at radius 3 is 2.59 bits per heavy atom. The number of amides is 1. The number of hydrogen-bond donors (Lipinski definition) is 0. The summed E-state index contributed by atoms with van der Waals surface area (Å²) < 4.78 is 18.8. The summed E-state index contributed by atoms with van der Waals surface area (Å²) in [7, 11) is 0. The number of carbonyl (C=O) groups excluding carboxylic acids is 1. The van der Waals surface area contributed by atoms with E-state index in [1.807, 2.05) is 31.2 Å². The lowest BCUT2D eigenvalue weighted by Gasteiger charge is -2.30. The van der Waals surface area contributed by atoms with E-state index in [2.05, 4.69) is 10.1 Å². The molecule has 5 nitrogen and oxygen atoms in total. The standard InChI is InChI=1S/C21H20FN3O2/c1-14-5-7-15(8-6-14)19-23-20(27-24-19)16-9-11-25(12-10-16)21(26)17-3-2-4-18(22)13-17/h2-8,13,16H,9-12H2,1H3. The molecule has 2 aromatic carbocycles. The van der Waals surface area contributed by atoms with Crippen LogP contribution in [0.5, 0.6) is 0 Å². The van der Waals surface area contributed by atoms with Crippen molar-refractivity contribution < 1.29 is 13.7 Å². The number of halogens is 1. The van der Waals surface area contributed by atoms with Crippen LogP contribution in [0.1, 0.15) is 40.6 Å². The van der Waals surface area contributed by atoms with Crippen molar-refractivity contribution in [1.29, 1.82) is 0 Å². The summed E-state index contributed by atoms with van der Waals surface area (Å²) in [5.41, 5.74) is 2.49. The number of likely N-dealkylation sites (tertiary alicyclic amines) is 1. The molecule has 0 aliphatic carbocycles. The van der Waals surface area contributed by atoms with Gasteiger partial charge in [-0.15, -0.1) is 0 Å². The van der Waals surface area contributed by atoms with Gasteiger partial charge in [-0.3, -0.25) is 4.79 Å². The molecule has 0 N–H and O–H groups in total. The molecule has 3 aromatic rings. The van der Waals surface area contributed by atoms with E-state index >= 15 is 0 Å². The highest BCUT2D eigenvalue weighted by molar-refractivity contribution is 5.94. The van der Waals surface area contributed by atoms with E-state index in [0.29, 0.717) is 30.4 Å². The van der Waals surface area contributed by atoms with Crippen molar-refractivity contribution in [3.8, 4) is 11.4 Å².